The minimum absolute atomic E-state index is 0.0488. The number of hydrogen-bond acceptors (Lipinski definition) is 8. The van der Waals surface area contributed by atoms with Gasteiger partial charge in [-0.05, 0) is 72.1 Å². The molecule has 13 heteroatoms. The van der Waals surface area contributed by atoms with Crippen LogP contribution in [0.4, 0.5) is 4.79 Å². The molecule has 1 fully saturated rings. The molecular weight excluding hydrogens is 644 g/mol. The van der Waals surface area contributed by atoms with E-state index in [0.717, 1.165) is 30.4 Å². The third-order valence-corrected chi connectivity index (χ3v) is 11.1. The number of nitrogens with one attached hydrogen (secondary N) is 2. The topological polar surface area (TPSA) is 161 Å². The molecule has 3 aromatic rings. The lowest BCUT2D eigenvalue weighted by molar-refractivity contribution is -0.125. The first-order valence-corrected chi connectivity index (χ1v) is 18.3. The van der Waals surface area contributed by atoms with Gasteiger partial charge in [0.2, 0.25) is 15.9 Å². The number of hydrogen-bond donors (Lipinski definition) is 3. The minimum Gasteiger partial charge on any atom is -0.390 e. The van der Waals surface area contributed by atoms with E-state index in [0.29, 0.717) is 18.5 Å². The van der Waals surface area contributed by atoms with E-state index in [2.05, 4.69) is 20.8 Å². The number of amides is 3. The molecule has 2 aromatic carbocycles. The summed E-state index contributed by atoms with van der Waals surface area (Å²) in [5, 5.41) is 20.5. The maximum Gasteiger partial charge on any atom is 0.318 e. The van der Waals surface area contributed by atoms with E-state index in [-0.39, 0.29) is 42.8 Å². The highest BCUT2D eigenvalue weighted by molar-refractivity contribution is 7.89. The molecule has 1 heterocycles. The van der Waals surface area contributed by atoms with Gasteiger partial charge >= 0.3 is 6.03 Å². The van der Waals surface area contributed by atoms with Gasteiger partial charge in [-0.2, -0.15) is 9.21 Å². The van der Waals surface area contributed by atoms with Crippen molar-refractivity contribution in [3.63, 3.8) is 0 Å². The number of rotatable bonds is 18. The van der Waals surface area contributed by atoms with E-state index in [1.165, 1.54) is 21.3 Å². The highest BCUT2D eigenvalue weighted by Gasteiger charge is 2.35. The molecule has 3 N–H and O–H groups in total. The number of aliphatic hydroxyl groups is 1. The normalized spacial score (nSPS) is 15.8. The quantitative estimate of drug-likeness (QED) is 0.166. The lowest BCUT2D eigenvalue weighted by atomic mass is 9.85. The predicted octanol–water partition coefficient (Wildman–Crippen LogP) is 4.48. The molecule has 1 aromatic heterocycles. The van der Waals surface area contributed by atoms with Crippen molar-refractivity contribution in [1.29, 1.82) is 0 Å². The Morgan fingerprint density at radius 1 is 0.980 bits per heavy atom. The van der Waals surface area contributed by atoms with Crippen LogP contribution in [-0.4, -0.2) is 78.0 Å². The Bertz CT molecular complexity index is 1610. The number of benzene rings is 2. The Morgan fingerprint density at radius 3 is 2.24 bits per heavy atom. The molecular formula is C36H48N6O6S. The van der Waals surface area contributed by atoms with E-state index in [9.17, 15) is 28.0 Å². The summed E-state index contributed by atoms with van der Waals surface area (Å²) in [6.07, 6.45) is 5.66. The summed E-state index contributed by atoms with van der Waals surface area (Å²) in [5.41, 5.74) is 2.33. The van der Waals surface area contributed by atoms with Crippen molar-refractivity contribution in [3.05, 3.63) is 101 Å². The largest absolute Gasteiger partial charge is 0.390 e. The van der Waals surface area contributed by atoms with E-state index < -0.39 is 40.1 Å². The van der Waals surface area contributed by atoms with Crippen LogP contribution >= 0.6 is 0 Å². The number of aliphatic hydroxyl groups excluding tert-OH is 1. The number of pyridine rings is 1. The molecule has 0 radical (unpaired) electrons. The van der Waals surface area contributed by atoms with E-state index in [1.54, 1.807) is 31.6 Å². The average Bonchev–Trinajstić information content (AvgIpc) is 3.08. The first kappa shape index (κ1) is 37.6. The fourth-order valence-electron chi connectivity index (χ4n) is 5.76. The van der Waals surface area contributed by atoms with E-state index >= 15 is 0 Å². The van der Waals surface area contributed by atoms with Gasteiger partial charge in [-0.3, -0.25) is 9.78 Å². The van der Waals surface area contributed by atoms with Crippen molar-refractivity contribution in [3.8, 4) is 0 Å². The lowest BCUT2D eigenvalue weighted by Gasteiger charge is -2.35. The molecule has 0 spiro atoms. The summed E-state index contributed by atoms with van der Waals surface area (Å²) in [6.45, 7) is 4.05. The third kappa shape index (κ3) is 10.6. The van der Waals surface area contributed by atoms with Gasteiger partial charge in [-0.1, -0.05) is 74.3 Å². The van der Waals surface area contributed by atoms with Crippen LogP contribution < -0.4 is 10.6 Å². The number of aromatic nitrogens is 1. The Kier molecular flexibility index (Phi) is 13.8. The van der Waals surface area contributed by atoms with Gasteiger partial charge in [0.05, 0.1) is 17.0 Å². The van der Waals surface area contributed by atoms with Gasteiger partial charge in [0.25, 0.3) is 0 Å². The van der Waals surface area contributed by atoms with Crippen LogP contribution in [0.5, 0.6) is 0 Å². The van der Waals surface area contributed by atoms with Crippen LogP contribution in [0.1, 0.15) is 56.2 Å². The molecule has 0 unspecified atom stereocenters. The maximum absolute atomic E-state index is 14.0. The number of carbonyl (C=O) groups excluding carboxylic acids is 2. The second-order valence-corrected chi connectivity index (χ2v) is 14.9. The van der Waals surface area contributed by atoms with Gasteiger partial charge in [-0.15, -0.1) is 0 Å². The van der Waals surface area contributed by atoms with Crippen LogP contribution in [0, 0.1) is 16.7 Å². The summed E-state index contributed by atoms with van der Waals surface area (Å²) in [5.74, 6) is -0.537. The van der Waals surface area contributed by atoms with Gasteiger partial charge in [0.1, 0.15) is 12.6 Å². The summed E-state index contributed by atoms with van der Waals surface area (Å²) >= 11 is 0. The molecule has 12 nitrogen and oxygen atoms in total. The molecule has 0 bridgehead atoms. The molecule has 0 aliphatic heterocycles. The van der Waals surface area contributed by atoms with Gasteiger partial charge in [-0.25, -0.2) is 13.2 Å². The van der Waals surface area contributed by atoms with Crippen LogP contribution in [0.15, 0.2) is 89.2 Å². The van der Waals surface area contributed by atoms with Crippen molar-refractivity contribution in [1.82, 2.24) is 24.8 Å². The monoisotopic (exact) mass is 692 g/mol. The first-order valence-electron chi connectivity index (χ1n) is 16.8. The smallest absolute Gasteiger partial charge is 0.318 e. The number of nitroso groups, excluding NO2 is 1. The second kappa shape index (κ2) is 18.0. The number of nitrogens with zero attached hydrogens (tertiary/aromatic N) is 4. The zero-order chi connectivity index (χ0) is 35.4. The molecule has 1 saturated carbocycles. The summed E-state index contributed by atoms with van der Waals surface area (Å²) in [4.78, 5) is 43.5. The SMILES string of the molecule is CC[C@H](C)[C@H](NC(=O)N(C)Cc1ccncc1)C(=O)N[C@@H](Cc1ccccc1)[C@H](O)CN(CC1CCC1)S(=O)(=O)c1ccc(CN=O)cc1. The Hall–Kier alpha value is -4.20. The molecule has 3 amide bonds. The molecule has 49 heavy (non-hydrogen) atoms. The standard InChI is InChI=1S/C36H48N6O6S/c1-4-26(2)34(40-36(45)41(3)23-30-17-19-37-20-18-30)35(44)39-32(21-27-9-6-5-7-10-27)33(43)25-42(24-29-11-8-12-29)49(47,48)31-15-13-28(14-16-31)22-38-46/h5-7,9-10,13-20,26,29,32-34,43H,4,8,11-12,21-25H2,1-3H3,(H,39,44)(H,40,45)/t26-,32-,33+,34-/m0/s1. The van der Waals surface area contributed by atoms with Crippen LogP contribution in [0.2, 0.25) is 0 Å². The van der Waals surface area contributed by atoms with Gasteiger partial charge in [0.15, 0.2) is 0 Å². The number of sulfonamides is 1. The number of urea groups is 1. The van der Waals surface area contributed by atoms with Crippen molar-refractivity contribution in [2.24, 2.45) is 17.0 Å². The highest BCUT2D eigenvalue weighted by Crippen LogP contribution is 2.30. The highest BCUT2D eigenvalue weighted by atomic mass is 32.2. The first-order chi connectivity index (χ1) is 23.5. The summed E-state index contributed by atoms with van der Waals surface area (Å²) in [6, 6.07) is 16.8. The molecule has 0 saturated heterocycles. The third-order valence-electron chi connectivity index (χ3n) is 9.27. The van der Waals surface area contributed by atoms with Crippen molar-refractivity contribution in [2.45, 2.75) is 82.1 Å². The second-order valence-electron chi connectivity index (χ2n) is 12.9. The van der Waals surface area contributed by atoms with Crippen molar-refractivity contribution < 1.29 is 23.1 Å². The van der Waals surface area contributed by atoms with Crippen molar-refractivity contribution >= 4 is 22.0 Å². The molecule has 4 atom stereocenters. The Balaban J connectivity index is 1.56. The van der Waals surface area contributed by atoms with Crippen molar-refractivity contribution in [2.75, 3.05) is 20.1 Å². The lowest BCUT2D eigenvalue weighted by Crippen LogP contribution is -2.58. The minimum atomic E-state index is -4.03. The molecule has 4 rings (SSSR count). The number of carbonyl (C=O) groups is 2. The summed E-state index contributed by atoms with van der Waals surface area (Å²) in [7, 11) is -2.39. The average molecular weight is 693 g/mol. The zero-order valence-corrected chi connectivity index (χ0v) is 29.3. The Morgan fingerprint density at radius 2 is 1.65 bits per heavy atom. The van der Waals surface area contributed by atoms with Crippen LogP contribution in [-0.2, 0) is 34.3 Å². The van der Waals surface area contributed by atoms with Gasteiger partial charge in [0, 0.05) is 39.1 Å². The molecule has 264 valence electrons. The zero-order valence-electron chi connectivity index (χ0n) is 28.4. The molecule has 1 aliphatic carbocycles. The predicted molar refractivity (Wildman–Crippen MR) is 188 cm³/mol. The van der Waals surface area contributed by atoms with E-state index in [4.69, 9.17) is 0 Å². The van der Waals surface area contributed by atoms with Crippen LogP contribution in [0.25, 0.3) is 0 Å². The van der Waals surface area contributed by atoms with Crippen LogP contribution in [0.3, 0.4) is 0 Å². The Labute approximate surface area is 289 Å². The summed E-state index contributed by atoms with van der Waals surface area (Å²) < 4.78 is 29.2. The fraction of sp³-hybridized carbons (Fsp3) is 0.472. The fourth-order valence-corrected chi connectivity index (χ4v) is 7.30. The van der Waals surface area contributed by atoms with E-state index in [1.807, 2.05) is 56.3 Å². The maximum atomic E-state index is 14.0. The molecule has 1 aliphatic rings. The van der Waals surface area contributed by atoms with Gasteiger partial charge < -0.3 is 20.6 Å².